The highest BCUT2D eigenvalue weighted by Crippen LogP contribution is 2.29. The zero-order valence-corrected chi connectivity index (χ0v) is 16.1. The predicted molar refractivity (Wildman–Crippen MR) is 106 cm³/mol. The van der Waals surface area contributed by atoms with Crippen molar-refractivity contribution in [1.29, 1.82) is 0 Å². The Morgan fingerprint density at radius 2 is 2.07 bits per heavy atom. The molecule has 1 aromatic carbocycles. The number of ether oxygens (including phenoxy) is 1. The van der Waals surface area contributed by atoms with Gasteiger partial charge in [0.15, 0.2) is 0 Å². The Hall–Kier alpha value is -3.20. The molecule has 9 heteroatoms. The topological polar surface area (TPSA) is 97.9 Å². The van der Waals surface area contributed by atoms with Crippen LogP contribution in [0, 0.1) is 0 Å². The number of para-hydroxylation sites is 2. The number of hydrogen-bond donors (Lipinski definition) is 2. The average molecular weight is 398 g/mol. The second kappa shape index (κ2) is 7.08. The molecule has 1 aliphatic rings. The summed E-state index contributed by atoms with van der Waals surface area (Å²) >= 11 is 1.26. The van der Waals surface area contributed by atoms with Crippen molar-refractivity contribution >= 4 is 40.5 Å². The number of nitrogens with zero attached hydrogens (tertiary/aromatic N) is 3. The largest absolute Gasteiger partial charge is 0.477 e. The molecule has 4 rings (SSSR count). The summed E-state index contributed by atoms with van der Waals surface area (Å²) in [5.74, 6) is -0.787. The zero-order valence-electron chi connectivity index (χ0n) is 15.2. The van der Waals surface area contributed by atoms with Crippen LogP contribution in [0.1, 0.15) is 5.69 Å². The van der Waals surface area contributed by atoms with Crippen molar-refractivity contribution in [3.05, 3.63) is 59.0 Å². The smallest absolute Gasteiger partial charge is 0.352 e. The summed E-state index contributed by atoms with van der Waals surface area (Å²) < 4.78 is 8.90. The van der Waals surface area contributed by atoms with Gasteiger partial charge in [0.05, 0.1) is 29.4 Å². The number of hydrogen-bond acceptors (Lipinski definition) is 6. The fraction of sp³-hybridized carbons (Fsp3) is 0.211. The van der Waals surface area contributed by atoms with Gasteiger partial charge in [-0.25, -0.2) is 14.6 Å². The molecule has 0 spiro atoms. The van der Waals surface area contributed by atoms with Gasteiger partial charge in [0.2, 0.25) is 5.78 Å². The highest BCUT2D eigenvalue weighted by atomic mass is 32.2. The second-order valence-corrected chi connectivity index (χ2v) is 7.43. The first-order valence-corrected chi connectivity index (χ1v) is 9.49. The summed E-state index contributed by atoms with van der Waals surface area (Å²) in [5.41, 5.74) is 3.30. The lowest BCUT2D eigenvalue weighted by Crippen LogP contribution is -2.21. The summed E-state index contributed by atoms with van der Waals surface area (Å²) in [6, 6.07) is 8.02. The van der Waals surface area contributed by atoms with Crippen LogP contribution in [0.4, 0.5) is 0 Å². The average Bonchev–Trinajstić information content (AvgIpc) is 3.12. The van der Waals surface area contributed by atoms with Crippen LogP contribution in [-0.2, 0) is 27.8 Å². The van der Waals surface area contributed by atoms with Crippen molar-refractivity contribution in [2.45, 2.75) is 11.7 Å². The molecule has 0 saturated heterocycles. The van der Waals surface area contributed by atoms with E-state index in [0.29, 0.717) is 12.0 Å². The minimum absolute atomic E-state index is 0.00917. The minimum Gasteiger partial charge on any atom is -0.477 e. The van der Waals surface area contributed by atoms with E-state index < -0.39 is 11.9 Å². The lowest BCUT2D eigenvalue weighted by Gasteiger charge is -2.14. The standard InChI is InChI=1S/C19H18N4O4S/c1-22-14-5-3-4-6-15(14)23-9-11(21-19(22)23)7-16-12(18(26)27-2)8-20-13(10-28-16)17(24)25/h3-6,8-10,16,20H,7H2,1-2H3,(H,24,25). The van der Waals surface area contributed by atoms with E-state index in [9.17, 15) is 14.7 Å². The quantitative estimate of drug-likeness (QED) is 0.649. The van der Waals surface area contributed by atoms with Crippen LogP contribution in [0.15, 0.2) is 53.3 Å². The first-order chi connectivity index (χ1) is 13.5. The van der Waals surface area contributed by atoms with E-state index in [-0.39, 0.29) is 10.9 Å². The summed E-state index contributed by atoms with van der Waals surface area (Å²) in [6.45, 7) is 0. The fourth-order valence-corrected chi connectivity index (χ4v) is 4.31. The molecular formula is C19H18N4O4S. The first kappa shape index (κ1) is 18.2. The number of esters is 1. The maximum atomic E-state index is 12.2. The number of thioether (sulfide) groups is 1. The Morgan fingerprint density at radius 1 is 1.32 bits per heavy atom. The van der Waals surface area contributed by atoms with Crippen molar-refractivity contribution in [3.8, 4) is 0 Å². The first-order valence-electron chi connectivity index (χ1n) is 8.55. The van der Waals surface area contributed by atoms with Gasteiger partial charge in [-0.3, -0.25) is 4.40 Å². The number of aliphatic carboxylic acids is 1. The van der Waals surface area contributed by atoms with Crippen molar-refractivity contribution in [3.63, 3.8) is 0 Å². The van der Waals surface area contributed by atoms with Gasteiger partial charge in [-0.1, -0.05) is 12.1 Å². The number of fused-ring (bicyclic) bond motifs is 3. The van der Waals surface area contributed by atoms with Crippen LogP contribution < -0.4 is 5.32 Å². The number of aromatic nitrogens is 3. The molecule has 2 aromatic heterocycles. The summed E-state index contributed by atoms with van der Waals surface area (Å²) in [4.78, 5) is 28.2. The van der Waals surface area contributed by atoms with Gasteiger partial charge in [0.1, 0.15) is 5.70 Å². The number of methoxy groups -OCH3 is 1. The van der Waals surface area contributed by atoms with E-state index in [1.807, 2.05) is 46.5 Å². The SMILES string of the molecule is COC(=O)C1=CNC(C(=O)O)=CSC1Cc1cn2c3ccccc3n(C)c2n1. The molecule has 0 aliphatic carbocycles. The molecule has 8 nitrogen and oxygen atoms in total. The molecule has 0 radical (unpaired) electrons. The number of carbonyl (C=O) groups excluding carboxylic acids is 1. The van der Waals surface area contributed by atoms with Crippen LogP contribution in [0.25, 0.3) is 16.8 Å². The normalized spacial score (nSPS) is 17.0. The molecule has 2 N–H and O–H groups in total. The third-order valence-electron chi connectivity index (χ3n) is 4.67. The van der Waals surface area contributed by atoms with Crippen LogP contribution in [0.3, 0.4) is 0 Å². The number of nitrogens with one attached hydrogen (secondary N) is 1. The number of carboxylic acids is 1. The third-order valence-corrected chi connectivity index (χ3v) is 5.79. The molecule has 0 bridgehead atoms. The molecule has 0 amide bonds. The Morgan fingerprint density at radius 3 is 2.79 bits per heavy atom. The fourth-order valence-electron chi connectivity index (χ4n) is 3.26. The van der Waals surface area contributed by atoms with E-state index in [0.717, 1.165) is 22.5 Å². The molecule has 0 saturated carbocycles. The number of rotatable bonds is 4. The molecular weight excluding hydrogens is 380 g/mol. The number of imidazole rings is 2. The monoisotopic (exact) mass is 398 g/mol. The molecule has 1 unspecified atom stereocenters. The van der Waals surface area contributed by atoms with Crippen molar-refractivity contribution in [2.75, 3.05) is 7.11 Å². The molecule has 1 aliphatic heterocycles. The van der Waals surface area contributed by atoms with Crippen LogP contribution in [0.2, 0.25) is 0 Å². The highest BCUT2D eigenvalue weighted by molar-refractivity contribution is 8.03. The minimum atomic E-state index is -1.09. The third kappa shape index (κ3) is 3.03. The Kier molecular flexibility index (Phi) is 4.60. The van der Waals surface area contributed by atoms with Crippen LogP contribution >= 0.6 is 11.8 Å². The van der Waals surface area contributed by atoms with Gasteiger partial charge >= 0.3 is 11.9 Å². The van der Waals surface area contributed by atoms with Gasteiger partial charge in [0.25, 0.3) is 0 Å². The zero-order chi connectivity index (χ0) is 19.8. The Balaban J connectivity index is 1.70. The van der Waals surface area contributed by atoms with Crippen molar-refractivity contribution in [1.82, 2.24) is 19.3 Å². The van der Waals surface area contributed by atoms with Gasteiger partial charge < -0.3 is 19.7 Å². The van der Waals surface area contributed by atoms with Crippen molar-refractivity contribution < 1.29 is 19.4 Å². The van der Waals surface area contributed by atoms with Gasteiger partial charge in [0, 0.05) is 36.5 Å². The highest BCUT2D eigenvalue weighted by Gasteiger charge is 2.27. The number of carbonyl (C=O) groups is 2. The molecule has 0 fully saturated rings. The number of benzene rings is 1. The molecule has 3 heterocycles. The summed E-state index contributed by atoms with van der Waals surface area (Å²) in [5, 5.41) is 13.1. The lowest BCUT2D eigenvalue weighted by molar-refractivity contribution is -0.136. The van der Waals surface area contributed by atoms with E-state index in [2.05, 4.69) is 5.32 Å². The van der Waals surface area contributed by atoms with Crippen LogP contribution in [0.5, 0.6) is 0 Å². The number of carboxylic acid groups (broad SMARTS) is 1. The van der Waals surface area contributed by atoms with E-state index in [4.69, 9.17) is 9.72 Å². The maximum absolute atomic E-state index is 12.2. The summed E-state index contributed by atoms with van der Waals surface area (Å²) in [7, 11) is 3.26. The Labute approximate surface area is 164 Å². The molecule has 3 aromatic rings. The number of aryl methyl sites for hydroxylation is 1. The Bertz CT molecular complexity index is 1160. The van der Waals surface area contributed by atoms with Gasteiger partial charge in [-0.05, 0) is 12.1 Å². The van der Waals surface area contributed by atoms with E-state index >= 15 is 0 Å². The lowest BCUT2D eigenvalue weighted by atomic mass is 10.1. The molecule has 28 heavy (non-hydrogen) atoms. The summed E-state index contributed by atoms with van der Waals surface area (Å²) in [6.07, 6.45) is 3.81. The van der Waals surface area contributed by atoms with E-state index in [1.165, 1.54) is 30.5 Å². The van der Waals surface area contributed by atoms with Crippen LogP contribution in [-0.4, -0.2) is 43.4 Å². The molecule has 1 atom stereocenters. The van der Waals surface area contributed by atoms with E-state index in [1.54, 1.807) is 0 Å². The van der Waals surface area contributed by atoms with Gasteiger partial charge in [-0.2, -0.15) is 0 Å². The van der Waals surface area contributed by atoms with Crippen molar-refractivity contribution in [2.24, 2.45) is 7.05 Å². The molecule has 144 valence electrons. The second-order valence-electron chi connectivity index (χ2n) is 6.35. The predicted octanol–water partition coefficient (Wildman–Crippen LogP) is 2.06. The van der Waals surface area contributed by atoms with Gasteiger partial charge in [-0.15, -0.1) is 11.8 Å². The maximum Gasteiger partial charge on any atom is 0.352 e.